The molecular weight excluding hydrogens is 627 g/mol. The summed E-state index contributed by atoms with van der Waals surface area (Å²) in [4.78, 5) is 30.8. The number of carbonyl (C=O) groups is 2. The van der Waals surface area contributed by atoms with Crippen LogP contribution in [-0.2, 0) is 10.3 Å². The van der Waals surface area contributed by atoms with Gasteiger partial charge in [-0.2, -0.15) is 0 Å². The van der Waals surface area contributed by atoms with E-state index in [4.69, 9.17) is 53.8 Å². The van der Waals surface area contributed by atoms with Gasteiger partial charge in [0.05, 0.1) is 37.9 Å². The number of hydrogen-bond donors (Lipinski definition) is 0. The summed E-state index contributed by atoms with van der Waals surface area (Å²) in [6.07, 6.45) is 2.15. The van der Waals surface area contributed by atoms with E-state index in [0.29, 0.717) is 63.0 Å². The van der Waals surface area contributed by atoms with E-state index in [2.05, 4.69) is 4.90 Å². The van der Waals surface area contributed by atoms with Gasteiger partial charge in [0, 0.05) is 28.6 Å². The number of Topliss-reactive ketones (excluding diaryl/α,β-unsaturated/α-hetero) is 1. The second kappa shape index (κ2) is 14.0. The van der Waals surface area contributed by atoms with E-state index in [9.17, 15) is 9.59 Å². The lowest BCUT2D eigenvalue weighted by Crippen LogP contribution is -2.41. The quantitative estimate of drug-likeness (QED) is 0.217. The Balaban J connectivity index is 1.31. The maximum absolute atomic E-state index is 13.8. The van der Waals surface area contributed by atoms with Crippen molar-refractivity contribution in [2.24, 2.45) is 5.92 Å². The van der Waals surface area contributed by atoms with Crippen molar-refractivity contribution in [2.45, 2.75) is 24.9 Å². The average Bonchev–Trinajstić information content (AvgIpc) is 3.49. The molecule has 8 nitrogen and oxygen atoms in total. The first kappa shape index (κ1) is 32.4. The summed E-state index contributed by atoms with van der Waals surface area (Å²) in [6.45, 7) is 2.69. The molecule has 0 saturated carbocycles. The van der Waals surface area contributed by atoms with E-state index in [0.717, 1.165) is 31.5 Å². The van der Waals surface area contributed by atoms with Gasteiger partial charge in [0.1, 0.15) is 12.3 Å². The Labute approximate surface area is 272 Å². The molecule has 2 fully saturated rings. The molecule has 0 aliphatic carbocycles. The Morgan fingerprint density at radius 1 is 0.864 bits per heavy atom. The number of ether oxygens (including phenoxy) is 4. The summed E-state index contributed by atoms with van der Waals surface area (Å²) < 4.78 is 22.8. The third-order valence-corrected chi connectivity index (χ3v) is 9.50. The van der Waals surface area contributed by atoms with Crippen molar-refractivity contribution in [1.82, 2.24) is 9.80 Å². The van der Waals surface area contributed by atoms with Crippen LogP contribution >= 0.6 is 34.8 Å². The zero-order valence-electron chi connectivity index (χ0n) is 24.9. The summed E-state index contributed by atoms with van der Waals surface area (Å²) in [6, 6.07) is 15.8. The summed E-state index contributed by atoms with van der Waals surface area (Å²) in [7, 11) is 4.54. The first-order valence-electron chi connectivity index (χ1n) is 14.4. The number of benzene rings is 3. The van der Waals surface area contributed by atoms with E-state index >= 15 is 0 Å². The first-order valence-corrected chi connectivity index (χ1v) is 15.5. The Morgan fingerprint density at radius 3 is 2.11 bits per heavy atom. The summed E-state index contributed by atoms with van der Waals surface area (Å²) >= 11 is 18.7. The van der Waals surface area contributed by atoms with Crippen molar-refractivity contribution in [3.05, 3.63) is 86.4 Å². The molecule has 2 aliphatic rings. The predicted octanol–water partition coefficient (Wildman–Crippen LogP) is 6.98. The van der Waals surface area contributed by atoms with Crippen LogP contribution in [0.2, 0.25) is 15.1 Å². The summed E-state index contributed by atoms with van der Waals surface area (Å²) in [5.74, 6) is 1.10. The molecule has 2 saturated heterocycles. The number of halogens is 3. The zero-order valence-corrected chi connectivity index (χ0v) is 27.2. The minimum atomic E-state index is -0.805. The molecule has 44 heavy (non-hydrogen) atoms. The lowest BCUT2D eigenvalue weighted by molar-refractivity contribution is -0.0131. The molecule has 3 aromatic rings. The Hall–Kier alpha value is -3.01. The molecule has 3 aromatic carbocycles. The lowest BCUT2D eigenvalue weighted by atomic mass is 9.87. The van der Waals surface area contributed by atoms with Crippen LogP contribution in [0.4, 0.5) is 0 Å². The molecule has 234 valence electrons. The van der Waals surface area contributed by atoms with Crippen LogP contribution in [-0.4, -0.2) is 75.7 Å². The van der Waals surface area contributed by atoms with Crippen LogP contribution < -0.4 is 14.2 Å². The molecule has 1 amide bonds. The topological polar surface area (TPSA) is 77.5 Å². The number of likely N-dealkylation sites (tertiary alicyclic amines) is 1. The highest BCUT2D eigenvalue weighted by molar-refractivity contribution is 6.42. The minimum Gasteiger partial charge on any atom is -0.493 e. The van der Waals surface area contributed by atoms with Gasteiger partial charge in [-0.05, 0) is 86.4 Å². The number of nitrogens with zero attached hydrogens (tertiary/aromatic N) is 2. The van der Waals surface area contributed by atoms with Gasteiger partial charge in [-0.15, -0.1) is 0 Å². The molecule has 2 aliphatic heterocycles. The molecule has 1 atom stereocenters. The Bertz CT molecular complexity index is 1480. The van der Waals surface area contributed by atoms with Crippen molar-refractivity contribution in [3.8, 4) is 17.2 Å². The van der Waals surface area contributed by atoms with Gasteiger partial charge < -0.3 is 28.7 Å². The first-order chi connectivity index (χ1) is 21.2. The summed E-state index contributed by atoms with van der Waals surface area (Å²) in [5, 5.41) is 1.48. The molecular formula is C33H35Cl3N2O6. The van der Waals surface area contributed by atoms with Gasteiger partial charge in [0.15, 0.2) is 17.3 Å². The van der Waals surface area contributed by atoms with E-state index in [-0.39, 0.29) is 24.3 Å². The lowest BCUT2D eigenvalue weighted by Gasteiger charge is -2.35. The minimum absolute atomic E-state index is 0.0224. The Kier molecular flexibility index (Phi) is 10.3. The zero-order chi connectivity index (χ0) is 31.4. The third kappa shape index (κ3) is 6.80. The van der Waals surface area contributed by atoms with Crippen molar-refractivity contribution in [3.63, 3.8) is 0 Å². The second-order valence-electron chi connectivity index (χ2n) is 11.1. The number of ketones is 1. The SMILES string of the molecule is COc1cc(C(=O)N2CO[C@](CCN3CCC(C(=O)c4ccc(Cl)cc4)CC3)(c3ccc(Cl)c(Cl)c3)C2)cc(OC)c1OC. The molecule has 2 heterocycles. The highest BCUT2D eigenvalue weighted by Gasteiger charge is 2.44. The number of methoxy groups -OCH3 is 3. The molecule has 11 heteroatoms. The highest BCUT2D eigenvalue weighted by Crippen LogP contribution is 2.41. The van der Waals surface area contributed by atoms with Crippen LogP contribution in [0.3, 0.4) is 0 Å². The fourth-order valence-electron chi connectivity index (χ4n) is 5.98. The largest absolute Gasteiger partial charge is 0.493 e. The van der Waals surface area contributed by atoms with Crippen molar-refractivity contribution < 1.29 is 28.5 Å². The third-order valence-electron chi connectivity index (χ3n) is 8.51. The van der Waals surface area contributed by atoms with Gasteiger partial charge in [0.2, 0.25) is 5.75 Å². The van der Waals surface area contributed by atoms with Gasteiger partial charge in [-0.1, -0.05) is 40.9 Å². The van der Waals surface area contributed by atoms with Crippen LogP contribution in [0, 0.1) is 5.92 Å². The number of piperidine rings is 1. The molecule has 0 radical (unpaired) electrons. The highest BCUT2D eigenvalue weighted by atomic mass is 35.5. The molecule has 5 rings (SSSR count). The number of amides is 1. The fourth-order valence-corrected chi connectivity index (χ4v) is 6.40. The standard InChI is InChI=1S/C33H35Cl3N2O6/c1-41-28-16-23(17-29(42-2)31(28)43-3)32(40)38-19-33(44-20-38,24-6-9-26(35)27(36)18-24)12-15-37-13-10-22(11-14-37)30(39)21-4-7-25(34)8-5-21/h4-9,16-18,22H,10-15,19-20H2,1-3H3/t33-/m0/s1. The maximum Gasteiger partial charge on any atom is 0.256 e. The van der Waals surface area contributed by atoms with Gasteiger partial charge in [-0.25, -0.2) is 0 Å². The number of hydrogen-bond acceptors (Lipinski definition) is 7. The smallest absolute Gasteiger partial charge is 0.256 e. The van der Waals surface area contributed by atoms with Gasteiger partial charge in [0.25, 0.3) is 5.91 Å². The normalized spacial score (nSPS) is 19.2. The van der Waals surface area contributed by atoms with E-state index in [1.165, 1.54) is 21.3 Å². The van der Waals surface area contributed by atoms with Crippen molar-refractivity contribution >= 4 is 46.5 Å². The van der Waals surface area contributed by atoms with Gasteiger partial charge >= 0.3 is 0 Å². The average molecular weight is 662 g/mol. The molecule has 0 aromatic heterocycles. The molecule has 0 unspecified atom stereocenters. The van der Waals surface area contributed by atoms with Crippen LogP contribution in [0.1, 0.15) is 45.5 Å². The summed E-state index contributed by atoms with van der Waals surface area (Å²) in [5.41, 5.74) is 1.13. The van der Waals surface area contributed by atoms with E-state index in [1.807, 2.05) is 12.1 Å². The molecule has 0 spiro atoms. The van der Waals surface area contributed by atoms with E-state index < -0.39 is 5.60 Å². The fraction of sp³-hybridized carbons (Fsp3) is 0.394. The maximum atomic E-state index is 13.8. The monoisotopic (exact) mass is 660 g/mol. The second-order valence-corrected chi connectivity index (χ2v) is 12.3. The molecule has 0 bridgehead atoms. The van der Waals surface area contributed by atoms with E-state index in [1.54, 1.807) is 47.4 Å². The van der Waals surface area contributed by atoms with Crippen molar-refractivity contribution in [2.75, 3.05) is 54.2 Å². The van der Waals surface area contributed by atoms with Crippen LogP contribution in [0.25, 0.3) is 0 Å². The van der Waals surface area contributed by atoms with Crippen molar-refractivity contribution in [1.29, 1.82) is 0 Å². The number of rotatable bonds is 10. The Morgan fingerprint density at radius 2 is 1.52 bits per heavy atom. The van der Waals surface area contributed by atoms with Crippen LogP contribution in [0.5, 0.6) is 17.2 Å². The number of carbonyl (C=O) groups excluding carboxylic acids is 2. The molecule has 0 N–H and O–H groups in total. The van der Waals surface area contributed by atoms with Crippen LogP contribution in [0.15, 0.2) is 54.6 Å². The predicted molar refractivity (Wildman–Crippen MR) is 171 cm³/mol. The van der Waals surface area contributed by atoms with Gasteiger partial charge in [-0.3, -0.25) is 9.59 Å².